The first-order valence-corrected chi connectivity index (χ1v) is 13.1. The molecule has 0 radical (unpaired) electrons. The average Bonchev–Trinajstić information content (AvgIpc) is 2.87. The van der Waals surface area contributed by atoms with E-state index in [1.165, 1.54) is 36.8 Å². The summed E-state index contributed by atoms with van der Waals surface area (Å²) in [7, 11) is 1.63. The van der Waals surface area contributed by atoms with Gasteiger partial charge in [0.15, 0.2) is 0 Å². The lowest BCUT2D eigenvalue weighted by Crippen LogP contribution is -2.52. The van der Waals surface area contributed by atoms with Crippen molar-refractivity contribution in [3.63, 3.8) is 0 Å². The van der Waals surface area contributed by atoms with Crippen molar-refractivity contribution in [2.75, 3.05) is 66.8 Å². The second kappa shape index (κ2) is 15.4. The fourth-order valence-electron chi connectivity index (χ4n) is 5.18. The molecule has 9 heteroatoms. The summed E-state index contributed by atoms with van der Waals surface area (Å²) in [5.74, 6) is 1.21. The van der Waals surface area contributed by atoms with Crippen LogP contribution in [0.4, 0.5) is 4.79 Å². The first-order chi connectivity index (χ1) is 17.5. The Kier molecular flexibility index (Phi) is 12.2. The number of hydrogen-bond donors (Lipinski definition) is 1. The molecule has 0 aromatic heterocycles. The number of nitrogens with two attached hydrogens (primary N) is 1. The predicted octanol–water partition coefficient (Wildman–Crippen LogP) is 3.59. The van der Waals surface area contributed by atoms with E-state index in [9.17, 15) is 4.79 Å². The molecule has 204 valence electrons. The standard InChI is InChI=1S/C27H43NO8/c1-27-9-5-3-4-6-22(25(27)28)18-21-7-8-23(19-24(21)27)35-20-36-26(29)34-17-16-33-15-14-32-13-12-31-11-10-30-2/h7-8,19,22,25H,3-6,9-18,20,28H2,1-2H3/t22-,25-,27+/m0/s1. The van der Waals surface area contributed by atoms with Crippen LogP contribution in [-0.4, -0.2) is 79.0 Å². The van der Waals surface area contributed by atoms with Crippen molar-refractivity contribution < 1.29 is 38.0 Å². The molecule has 0 spiro atoms. The minimum atomic E-state index is -0.794. The van der Waals surface area contributed by atoms with E-state index in [1.807, 2.05) is 6.07 Å². The molecule has 2 N–H and O–H groups in total. The van der Waals surface area contributed by atoms with E-state index >= 15 is 0 Å². The van der Waals surface area contributed by atoms with Crippen molar-refractivity contribution in [3.8, 4) is 5.75 Å². The zero-order chi connectivity index (χ0) is 25.6. The molecule has 1 fully saturated rings. The number of fused-ring (bicyclic) bond motifs is 4. The summed E-state index contributed by atoms with van der Waals surface area (Å²) in [5, 5.41) is 0. The van der Waals surface area contributed by atoms with Gasteiger partial charge in [0, 0.05) is 18.6 Å². The lowest BCUT2D eigenvalue weighted by atomic mass is 9.60. The van der Waals surface area contributed by atoms with Crippen molar-refractivity contribution in [2.24, 2.45) is 11.7 Å². The van der Waals surface area contributed by atoms with Crippen molar-refractivity contribution in [2.45, 2.75) is 56.9 Å². The predicted molar refractivity (Wildman–Crippen MR) is 134 cm³/mol. The van der Waals surface area contributed by atoms with E-state index in [4.69, 9.17) is 38.9 Å². The topological polar surface area (TPSA) is 108 Å². The molecule has 0 aliphatic heterocycles. The maximum atomic E-state index is 11.8. The molecule has 9 nitrogen and oxygen atoms in total. The Bertz CT molecular complexity index is 791. The summed E-state index contributed by atoms with van der Waals surface area (Å²) in [5.41, 5.74) is 9.34. The molecular weight excluding hydrogens is 466 g/mol. The molecule has 0 unspecified atom stereocenters. The third-order valence-electron chi connectivity index (χ3n) is 7.22. The summed E-state index contributed by atoms with van der Waals surface area (Å²) in [6.45, 7) is 5.40. The molecule has 0 amide bonds. The van der Waals surface area contributed by atoms with E-state index in [1.54, 1.807) is 7.11 Å². The van der Waals surface area contributed by atoms with Crippen LogP contribution in [0.5, 0.6) is 5.75 Å². The van der Waals surface area contributed by atoms with Gasteiger partial charge in [-0.2, -0.15) is 0 Å². The second-order valence-electron chi connectivity index (χ2n) is 9.66. The van der Waals surface area contributed by atoms with Crippen molar-refractivity contribution in [3.05, 3.63) is 29.3 Å². The Morgan fingerprint density at radius 2 is 1.64 bits per heavy atom. The Labute approximate surface area is 214 Å². The number of methoxy groups -OCH3 is 1. The van der Waals surface area contributed by atoms with Crippen LogP contribution >= 0.6 is 0 Å². The van der Waals surface area contributed by atoms with Crippen LogP contribution in [0.3, 0.4) is 0 Å². The molecule has 2 bridgehead atoms. The highest BCUT2D eigenvalue weighted by molar-refractivity contribution is 5.59. The molecule has 36 heavy (non-hydrogen) atoms. The smallest absolute Gasteiger partial charge is 0.457 e. The number of rotatable bonds is 15. The van der Waals surface area contributed by atoms with Gasteiger partial charge in [-0.25, -0.2) is 4.79 Å². The minimum absolute atomic E-state index is 0.0549. The van der Waals surface area contributed by atoms with Gasteiger partial charge in [-0.15, -0.1) is 0 Å². The molecular formula is C27H43NO8. The third-order valence-corrected chi connectivity index (χ3v) is 7.22. The van der Waals surface area contributed by atoms with Gasteiger partial charge in [0.2, 0.25) is 6.79 Å². The van der Waals surface area contributed by atoms with Gasteiger partial charge in [0.05, 0.1) is 46.2 Å². The number of hydrogen-bond acceptors (Lipinski definition) is 9. The van der Waals surface area contributed by atoms with Crippen molar-refractivity contribution >= 4 is 6.16 Å². The fraction of sp³-hybridized carbons (Fsp3) is 0.741. The summed E-state index contributed by atoms with van der Waals surface area (Å²) < 4.78 is 36.7. The summed E-state index contributed by atoms with van der Waals surface area (Å²) in [6.07, 6.45) is 6.24. The van der Waals surface area contributed by atoms with E-state index in [0.29, 0.717) is 51.3 Å². The molecule has 3 rings (SSSR count). The van der Waals surface area contributed by atoms with E-state index in [2.05, 4.69) is 19.1 Å². The lowest BCUT2D eigenvalue weighted by Gasteiger charge is -2.47. The Morgan fingerprint density at radius 1 is 0.944 bits per heavy atom. The summed E-state index contributed by atoms with van der Waals surface area (Å²) in [6, 6.07) is 6.30. The van der Waals surface area contributed by atoms with Crippen molar-refractivity contribution in [1.82, 2.24) is 0 Å². The Morgan fingerprint density at radius 3 is 2.36 bits per heavy atom. The van der Waals surface area contributed by atoms with Gasteiger partial charge in [-0.1, -0.05) is 32.3 Å². The van der Waals surface area contributed by atoms with E-state index in [0.717, 1.165) is 12.8 Å². The average molecular weight is 510 g/mol. The molecule has 2 aliphatic rings. The Balaban J connectivity index is 1.29. The van der Waals surface area contributed by atoms with Crippen LogP contribution in [0, 0.1) is 5.92 Å². The number of carbonyl (C=O) groups excluding carboxylic acids is 1. The zero-order valence-electron chi connectivity index (χ0n) is 21.8. The monoisotopic (exact) mass is 509 g/mol. The maximum absolute atomic E-state index is 11.8. The van der Waals surface area contributed by atoms with Crippen LogP contribution in [-0.2, 0) is 40.3 Å². The van der Waals surface area contributed by atoms with Gasteiger partial charge < -0.3 is 38.9 Å². The van der Waals surface area contributed by atoms with E-state index in [-0.39, 0.29) is 31.5 Å². The first-order valence-electron chi connectivity index (χ1n) is 13.1. The zero-order valence-corrected chi connectivity index (χ0v) is 21.8. The SMILES string of the molecule is COCCOCCOCCOCCOC(=O)OCOc1ccc2c(c1)[C@@]1(C)CCCCC[C@@H](C2)[C@@H]1N. The molecule has 1 saturated carbocycles. The van der Waals surface area contributed by atoms with Gasteiger partial charge >= 0.3 is 6.16 Å². The lowest BCUT2D eigenvalue weighted by molar-refractivity contribution is -0.0201. The van der Waals surface area contributed by atoms with Crippen LogP contribution < -0.4 is 10.5 Å². The minimum Gasteiger partial charge on any atom is -0.457 e. The fourth-order valence-corrected chi connectivity index (χ4v) is 5.18. The molecule has 3 atom stereocenters. The maximum Gasteiger partial charge on any atom is 0.511 e. The van der Waals surface area contributed by atoms with Gasteiger partial charge in [-0.3, -0.25) is 0 Å². The largest absolute Gasteiger partial charge is 0.511 e. The van der Waals surface area contributed by atoms with Crippen molar-refractivity contribution in [1.29, 1.82) is 0 Å². The summed E-state index contributed by atoms with van der Waals surface area (Å²) >= 11 is 0. The van der Waals surface area contributed by atoms with Gasteiger partial charge in [0.1, 0.15) is 12.4 Å². The molecule has 0 saturated heterocycles. The number of ether oxygens (including phenoxy) is 7. The molecule has 1 aromatic carbocycles. The van der Waals surface area contributed by atoms with Gasteiger partial charge in [0.25, 0.3) is 0 Å². The molecule has 1 aromatic rings. The summed E-state index contributed by atoms with van der Waals surface area (Å²) in [4.78, 5) is 11.8. The van der Waals surface area contributed by atoms with Gasteiger partial charge in [-0.05, 0) is 48.4 Å². The first kappa shape index (κ1) is 28.7. The Hall–Kier alpha value is -1.91. The normalized spacial score (nSPS) is 23.3. The highest BCUT2D eigenvalue weighted by Gasteiger charge is 2.43. The highest BCUT2D eigenvalue weighted by Crippen LogP contribution is 2.46. The van der Waals surface area contributed by atoms with E-state index < -0.39 is 6.16 Å². The quantitative estimate of drug-likeness (QED) is 0.216. The highest BCUT2D eigenvalue weighted by atomic mass is 16.8. The van der Waals surface area contributed by atoms with Crippen LogP contribution in [0.15, 0.2) is 18.2 Å². The molecule has 2 aliphatic carbocycles. The van der Waals surface area contributed by atoms with Crippen LogP contribution in [0.2, 0.25) is 0 Å². The third kappa shape index (κ3) is 8.59. The van der Waals surface area contributed by atoms with Crippen LogP contribution in [0.1, 0.15) is 50.2 Å². The second-order valence-corrected chi connectivity index (χ2v) is 9.66. The number of carbonyl (C=O) groups is 1. The number of benzene rings is 1. The molecule has 0 heterocycles. The van der Waals surface area contributed by atoms with Crippen LogP contribution in [0.25, 0.3) is 0 Å².